The van der Waals surface area contributed by atoms with Crippen LogP contribution in [-0.4, -0.2) is 24.7 Å². The van der Waals surface area contributed by atoms with Gasteiger partial charge in [-0.15, -0.1) is 11.3 Å². The number of thiazole rings is 1. The summed E-state index contributed by atoms with van der Waals surface area (Å²) in [6.07, 6.45) is 6.28. The lowest BCUT2D eigenvalue weighted by molar-refractivity contribution is -0.0510. The molecule has 1 aromatic heterocycles. The summed E-state index contributed by atoms with van der Waals surface area (Å²) < 4.78 is 5.67. The number of aromatic nitrogens is 1. The molecule has 17 heavy (non-hydrogen) atoms. The van der Waals surface area contributed by atoms with Gasteiger partial charge < -0.3 is 10.1 Å². The predicted octanol–water partition coefficient (Wildman–Crippen LogP) is 2.25. The minimum absolute atomic E-state index is 0.106. The maximum atomic E-state index is 5.67. The van der Waals surface area contributed by atoms with Crippen LogP contribution in [0.1, 0.15) is 41.8 Å². The molecule has 0 spiro atoms. The third kappa shape index (κ3) is 1.83. The van der Waals surface area contributed by atoms with Crippen LogP contribution < -0.4 is 5.32 Å². The molecule has 0 unspecified atom stereocenters. The van der Waals surface area contributed by atoms with Crippen molar-refractivity contribution in [2.75, 3.05) is 13.7 Å². The second kappa shape index (κ2) is 4.34. The van der Waals surface area contributed by atoms with Gasteiger partial charge in [-0.05, 0) is 46.1 Å². The lowest BCUT2D eigenvalue weighted by Crippen LogP contribution is -2.54. The molecule has 94 valence electrons. The van der Waals surface area contributed by atoms with Gasteiger partial charge in [0.15, 0.2) is 0 Å². The van der Waals surface area contributed by atoms with Gasteiger partial charge in [-0.2, -0.15) is 0 Å². The van der Waals surface area contributed by atoms with Crippen molar-refractivity contribution in [3.8, 4) is 0 Å². The van der Waals surface area contributed by atoms with Gasteiger partial charge in [0.1, 0.15) is 5.01 Å². The smallest absolute Gasteiger partial charge is 0.113 e. The van der Waals surface area contributed by atoms with E-state index in [-0.39, 0.29) is 5.54 Å². The van der Waals surface area contributed by atoms with Gasteiger partial charge in [0.2, 0.25) is 0 Å². The zero-order chi connectivity index (χ0) is 11.9. The molecule has 3 nitrogen and oxygen atoms in total. The molecule has 1 saturated carbocycles. The van der Waals surface area contributed by atoms with E-state index in [0.29, 0.717) is 6.10 Å². The van der Waals surface area contributed by atoms with Crippen molar-refractivity contribution in [2.45, 2.75) is 50.7 Å². The van der Waals surface area contributed by atoms with Crippen LogP contribution in [0.15, 0.2) is 0 Å². The number of fused-ring (bicyclic) bond motifs is 1. The molecule has 1 N–H and O–H groups in total. The van der Waals surface area contributed by atoms with Crippen LogP contribution in [0, 0.1) is 0 Å². The number of hydrogen-bond donors (Lipinski definition) is 1. The molecule has 1 fully saturated rings. The van der Waals surface area contributed by atoms with E-state index in [4.69, 9.17) is 9.72 Å². The lowest BCUT2D eigenvalue weighted by Gasteiger charge is -2.45. The topological polar surface area (TPSA) is 34.1 Å². The molecular weight excluding hydrogens is 232 g/mol. The first kappa shape index (κ1) is 11.6. The van der Waals surface area contributed by atoms with Crippen LogP contribution in [0.5, 0.6) is 0 Å². The Kier molecular flexibility index (Phi) is 2.97. The molecule has 0 atom stereocenters. The first-order valence-corrected chi connectivity index (χ1v) is 7.38. The molecule has 1 aromatic rings. The van der Waals surface area contributed by atoms with Gasteiger partial charge in [0, 0.05) is 11.5 Å². The zero-order valence-electron chi connectivity index (χ0n) is 10.6. The maximum Gasteiger partial charge on any atom is 0.113 e. The number of hydrogen-bond acceptors (Lipinski definition) is 4. The number of aryl methyl sites for hydroxylation is 2. The van der Waals surface area contributed by atoms with Crippen LogP contribution in [-0.2, 0) is 23.1 Å². The Labute approximate surface area is 107 Å². The van der Waals surface area contributed by atoms with Crippen molar-refractivity contribution in [3.05, 3.63) is 15.6 Å². The normalized spacial score (nSPS) is 31.3. The van der Waals surface area contributed by atoms with E-state index in [1.807, 2.05) is 11.3 Å². The Morgan fingerprint density at radius 2 is 2.29 bits per heavy atom. The fourth-order valence-electron chi connectivity index (χ4n) is 2.95. The largest absolute Gasteiger partial charge is 0.378 e. The third-order valence-corrected chi connectivity index (χ3v) is 5.40. The molecule has 0 radical (unpaired) electrons. The fraction of sp³-hybridized carbons (Fsp3) is 0.769. The molecule has 0 saturated heterocycles. The van der Waals surface area contributed by atoms with Crippen molar-refractivity contribution >= 4 is 11.3 Å². The SMILES string of the molecule is CCOC1CC(NC)(c2nc3c(s2)CCC3)C1. The summed E-state index contributed by atoms with van der Waals surface area (Å²) in [5.41, 5.74) is 1.47. The summed E-state index contributed by atoms with van der Waals surface area (Å²) in [4.78, 5) is 6.37. The minimum Gasteiger partial charge on any atom is -0.378 e. The van der Waals surface area contributed by atoms with Crippen LogP contribution in [0.2, 0.25) is 0 Å². The summed E-state index contributed by atoms with van der Waals surface area (Å²) >= 11 is 1.92. The van der Waals surface area contributed by atoms with Crippen LogP contribution in [0.3, 0.4) is 0 Å². The molecule has 0 aromatic carbocycles. The molecule has 2 aliphatic carbocycles. The quantitative estimate of drug-likeness (QED) is 0.892. The average Bonchev–Trinajstić information content (AvgIpc) is 2.82. The van der Waals surface area contributed by atoms with Gasteiger partial charge in [-0.1, -0.05) is 0 Å². The van der Waals surface area contributed by atoms with Crippen LogP contribution >= 0.6 is 11.3 Å². The second-order valence-corrected chi connectivity index (χ2v) is 6.14. The van der Waals surface area contributed by atoms with Crippen LogP contribution in [0.25, 0.3) is 0 Å². The highest BCUT2D eigenvalue weighted by Crippen LogP contribution is 2.45. The Morgan fingerprint density at radius 1 is 1.47 bits per heavy atom. The summed E-state index contributed by atoms with van der Waals surface area (Å²) in [6.45, 7) is 2.89. The van der Waals surface area contributed by atoms with Crippen molar-refractivity contribution in [3.63, 3.8) is 0 Å². The van der Waals surface area contributed by atoms with Crippen molar-refractivity contribution < 1.29 is 4.74 Å². The molecule has 4 heteroatoms. The average molecular weight is 252 g/mol. The molecule has 3 rings (SSSR count). The molecule has 2 aliphatic rings. The van der Waals surface area contributed by atoms with Gasteiger partial charge in [0.25, 0.3) is 0 Å². The molecule has 0 aliphatic heterocycles. The first-order valence-electron chi connectivity index (χ1n) is 6.57. The number of rotatable bonds is 4. The zero-order valence-corrected chi connectivity index (χ0v) is 11.4. The van der Waals surface area contributed by atoms with Gasteiger partial charge in [-0.3, -0.25) is 0 Å². The number of nitrogens with zero attached hydrogens (tertiary/aromatic N) is 1. The summed E-state index contributed by atoms with van der Waals surface area (Å²) in [6, 6.07) is 0. The lowest BCUT2D eigenvalue weighted by atomic mass is 9.74. The van der Waals surface area contributed by atoms with Crippen molar-refractivity contribution in [2.24, 2.45) is 0 Å². The molecule has 0 bridgehead atoms. The summed E-state index contributed by atoms with van der Waals surface area (Å²) in [7, 11) is 2.05. The third-order valence-electron chi connectivity index (χ3n) is 4.04. The van der Waals surface area contributed by atoms with E-state index in [2.05, 4.69) is 19.3 Å². The van der Waals surface area contributed by atoms with Crippen molar-refractivity contribution in [1.82, 2.24) is 10.3 Å². The fourth-order valence-corrected chi connectivity index (χ4v) is 4.32. The van der Waals surface area contributed by atoms with Gasteiger partial charge >= 0.3 is 0 Å². The Balaban J connectivity index is 1.77. The highest BCUT2D eigenvalue weighted by molar-refractivity contribution is 7.12. The summed E-state index contributed by atoms with van der Waals surface area (Å²) in [5, 5.41) is 4.77. The Morgan fingerprint density at radius 3 is 2.94 bits per heavy atom. The molecule has 0 amide bonds. The van der Waals surface area contributed by atoms with E-state index < -0.39 is 0 Å². The highest BCUT2D eigenvalue weighted by Gasteiger charge is 2.47. The van der Waals surface area contributed by atoms with E-state index in [0.717, 1.165) is 19.4 Å². The van der Waals surface area contributed by atoms with E-state index >= 15 is 0 Å². The monoisotopic (exact) mass is 252 g/mol. The predicted molar refractivity (Wildman–Crippen MR) is 69.5 cm³/mol. The van der Waals surface area contributed by atoms with Gasteiger partial charge in [0.05, 0.1) is 17.3 Å². The van der Waals surface area contributed by atoms with Crippen molar-refractivity contribution in [1.29, 1.82) is 0 Å². The number of nitrogens with one attached hydrogen (secondary N) is 1. The second-order valence-electron chi connectivity index (χ2n) is 5.06. The minimum atomic E-state index is 0.106. The highest BCUT2D eigenvalue weighted by atomic mass is 32.1. The van der Waals surface area contributed by atoms with E-state index in [1.54, 1.807) is 0 Å². The standard InChI is InChI=1S/C13H20N2OS/c1-3-16-9-7-13(8-9,14-2)12-15-10-5-4-6-11(10)17-12/h9,14H,3-8H2,1-2H3. The number of ether oxygens (including phenoxy) is 1. The molecular formula is C13H20N2OS. The first-order chi connectivity index (χ1) is 8.27. The Hall–Kier alpha value is -0.450. The summed E-state index contributed by atoms with van der Waals surface area (Å²) in [5.74, 6) is 0. The van der Waals surface area contributed by atoms with E-state index in [9.17, 15) is 0 Å². The van der Waals surface area contributed by atoms with Gasteiger partial charge in [-0.25, -0.2) is 4.98 Å². The van der Waals surface area contributed by atoms with Crippen LogP contribution in [0.4, 0.5) is 0 Å². The Bertz CT molecular complexity index is 388. The van der Waals surface area contributed by atoms with E-state index in [1.165, 1.54) is 34.8 Å². The maximum absolute atomic E-state index is 5.67. The molecule has 1 heterocycles.